The van der Waals surface area contributed by atoms with E-state index in [4.69, 9.17) is 0 Å². The van der Waals surface area contributed by atoms with E-state index >= 15 is 0 Å². The van der Waals surface area contributed by atoms with Crippen molar-refractivity contribution in [2.24, 2.45) is 11.8 Å². The lowest BCUT2D eigenvalue weighted by Gasteiger charge is -2.36. The minimum atomic E-state index is -0.630. The minimum absolute atomic E-state index is 0.00513. The first kappa shape index (κ1) is 23.7. The summed E-state index contributed by atoms with van der Waals surface area (Å²) < 4.78 is 0. The number of piperidine rings is 1. The number of likely N-dealkylation sites (tertiary alicyclic amines) is 1. The van der Waals surface area contributed by atoms with Gasteiger partial charge in [-0.15, -0.1) is 0 Å². The Morgan fingerprint density at radius 2 is 1.50 bits per heavy atom. The summed E-state index contributed by atoms with van der Waals surface area (Å²) in [7, 11) is 0. The molecule has 0 aliphatic carbocycles. The topological polar surface area (TPSA) is 90.5 Å². The molecular weight excluding hydrogens is 380 g/mol. The fraction of sp³-hybridized carbons (Fsp3) is 0.609. The lowest BCUT2D eigenvalue weighted by Crippen LogP contribution is -2.56. The van der Waals surface area contributed by atoms with Crippen molar-refractivity contribution in [2.75, 3.05) is 13.1 Å². The standard InChI is InChI=1S/C23H36N4O3/c1-15(2)17(5)25-22(29)20(26-21(28)19-9-7-6-8-10-19)18-11-13-27(14-12-18)23(30)24-16(3)4/h6-10,15-18,20H,11-14H2,1-5H3,(H,24,30)(H,25,29)(H,26,28)/t17-,20-/m0/s1. The van der Waals surface area contributed by atoms with Crippen molar-refractivity contribution in [3.63, 3.8) is 0 Å². The van der Waals surface area contributed by atoms with Crippen LogP contribution in [-0.4, -0.2) is 54.0 Å². The zero-order valence-corrected chi connectivity index (χ0v) is 18.8. The van der Waals surface area contributed by atoms with E-state index in [1.54, 1.807) is 29.2 Å². The highest BCUT2D eigenvalue weighted by Crippen LogP contribution is 2.22. The molecule has 0 saturated carbocycles. The van der Waals surface area contributed by atoms with E-state index in [2.05, 4.69) is 16.0 Å². The summed E-state index contributed by atoms with van der Waals surface area (Å²) in [6.45, 7) is 11.1. The number of urea groups is 1. The third-order valence-corrected chi connectivity index (χ3v) is 5.69. The molecule has 3 N–H and O–H groups in total. The summed E-state index contributed by atoms with van der Waals surface area (Å²) in [4.78, 5) is 39.9. The van der Waals surface area contributed by atoms with Crippen molar-refractivity contribution in [1.82, 2.24) is 20.9 Å². The monoisotopic (exact) mass is 416 g/mol. The van der Waals surface area contributed by atoms with Gasteiger partial charge in [0.05, 0.1) is 0 Å². The number of nitrogens with zero attached hydrogens (tertiary/aromatic N) is 1. The van der Waals surface area contributed by atoms with Crippen LogP contribution in [0.1, 0.15) is 57.8 Å². The number of amides is 4. The van der Waals surface area contributed by atoms with Gasteiger partial charge in [-0.05, 0) is 57.6 Å². The van der Waals surface area contributed by atoms with E-state index in [1.165, 1.54) is 0 Å². The average molecular weight is 417 g/mol. The first-order chi connectivity index (χ1) is 14.2. The van der Waals surface area contributed by atoms with Gasteiger partial charge >= 0.3 is 6.03 Å². The Balaban J connectivity index is 2.08. The van der Waals surface area contributed by atoms with E-state index in [-0.39, 0.29) is 35.8 Å². The van der Waals surface area contributed by atoms with Gasteiger partial charge in [-0.25, -0.2) is 4.79 Å². The predicted octanol–water partition coefficient (Wildman–Crippen LogP) is 2.78. The second-order valence-corrected chi connectivity index (χ2v) is 8.79. The lowest BCUT2D eigenvalue weighted by atomic mass is 9.88. The van der Waals surface area contributed by atoms with Crippen LogP contribution in [0.15, 0.2) is 30.3 Å². The number of hydrogen-bond donors (Lipinski definition) is 3. The van der Waals surface area contributed by atoms with Crippen molar-refractivity contribution in [3.05, 3.63) is 35.9 Å². The molecule has 166 valence electrons. The van der Waals surface area contributed by atoms with Gasteiger partial charge in [0.25, 0.3) is 5.91 Å². The van der Waals surface area contributed by atoms with Crippen molar-refractivity contribution in [3.8, 4) is 0 Å². The van der Waals surface area contributed by atoms with Crippen LogP contribution in [0.2, 0.25) is 0 Å². The largest absolute Gasteiger partial charge is 0.352 e. The number of benzene rings is 1. The second kappa shape index (κ2) is 11.0. The van der Waals surface area contributed by atoms with Crippen molar-refractivity contribution in [1.29, 1.82) is 0 Å². The van der Waals surface area contributed by atoms with E-state index in [0.717, 1.165) is 0 Å². The highest BCUT2D eigenvalue weighted by Gasteiger charge is 2.34. The number of carbonyl (C=O) groups excluding carboxylic acids is 3. The molecule has 1 fully saturated rings. The molecule has 30 heavy (non-hydrogen) atoms. The molecule has 0 radical (unpaired) electrons. The summed E-state index contributed by atoms with van der Waals surface area (Å²) in [6, 6.07) is 8.30. The molecule has 1 heterocycles. The van der Waals surface area contributed by atoms with Crippen molar-refractivity contribution >= 4 is 17.8 Å². The number of nitrogens with one attached hydrogen (secondary N) is 3. The molecule has 1 aromatic carbocycles. The minimum Gasteiger partial charge on any atom is -0.352 e. The first-order valence-corrected chi connectivity index (χ1v) is 10.9. The van der Waals surface area contributed by atoms with Gasteiger partial charge < -0.3 is 20.9 Å². The summed E-state index contributed by atoms with van der Waals surface area (Å²) in [5, 5.41) is 8.91. The highest BCUT2D eigenvalue weighted by molar-refractivity contribution is 5.97. The predicted molar refractivity (Wildman–Crippen MR) is 118 cm³/mol. The Morgan fingerprint density at radius 3 is 2.03 bits per heavy atom. The molecule has 0 bridgehead atoms. The Kier molecular flexibility index (Phi) is 8.69. The molecule has 4 amide bonds. The van der Waals surface area contributed by atoms with E-state index in [9.17, 15) is 14.4 Å². The number of rotatable bonds is 7. The van der Waals surface area contributed by atoms with Crippen LogP contribution in [0, 0.1) is 11.8 Å². The van der Waals surface area contributed by atoms with Gasteiger partial charge in [0.1, 0.15) is 6.04 Å². The molecule has 0 spiro atoms. The van der Waals surface area contributed by atoms with Gasteiger partial charge in [-0.1, -0.05) is 32.0 Å². The van der Waals surface area contributed by atoms with Crippen LogP contribution in [0.5, 0.6) is 0 Å². The Hall–Kier alpha value is -2.57. The lowest BCUT2D eigenvalue weighted by molar-refractivity contribution is -0.125. The summed E-state index contributed by atoms with van der Waals surface area (Å²) in [5.74, 6) is -0.153. The van der Waals surface area contributed by atoms with Crippen LogP contribution in [-0.2, 0) is 4.79 Å². The van der Waals surface area contributed by atoms with Gasteiger partial charge in [-0.3, -0.25) is 9.59 Å². The summed E-state index contributed by atoms with van der Waals surface area (Å²) >= 11 is 0. The van der Waals surface area contributed by atoms with Gasteiger partial charge in [0.15, 0.2) is 0 Å². The SMILES string of the molecule is CC(C)NC(=O)N1CCC([C@H](NC(=O)c2ccccc2)C(=O)N[C@@H](C)C(C)C)CC1. The molecule has 7 heteroatoms. The van der Waals surface area contributed by atoms with E-state index in [1.807, 2.05) is 40.7 Å². The van der Waals surface area contributed by atoms with Crippen LogP contribution in [0.4, 0.5) is 4.79 Å². The summed E-state index contributed by atoms with van der Waals surface area (Å²) in [6.07, 6.45) is 1.32. The molecule has 0 aromatic heterocycles. The number of hydrogen-bond acceptors (Lipinski definition) is 3. The normalized spacial score (nSPS) is 16.8. The third-order valence-electron chi connectivity index (χ3n) is 5.69. The quantitative estimate of drug-likeness (QED) is 0.638. The molecule has 0 unspecified atom stereocenters. The third kappa shape index (κ3) is 6.75. The first-order valence-electron chi connectivity index (χ1n) is 10.9. The maximum absolute atomic E-state index is 13.1. The average Bonchev–Trinajstić information content (AvgIpc) is 2.71. The van der Waals surface area contributed by atoms with Gasteiger partial charge in [-0.2, -0.15) is 0 Å². The molecule has 2 rings (SSSR count). The fourth-order valence-electron chi connectivity index (χ4n) is 3.47. The molecule has 1 saturated heterocycles. The zero-order valence-electron chi connectivity index (χ0n) is 18.8. The van der Waals surface area contributed by atoms with Crippen LogP contribution >= 0.6 is 0 Å². The maximum Gasteiger partial charge on any atom is 0.317 e. The number of carbonyl (C=O) groups is 3. The molecule has 1 aliphatic heterocycles. The van der Waals surface area contributed by atoms with Crippen molar-refractivity contribution < 1.29 is 14.4 Å². The van der Waals surface area contributed by atoms with E-state index in [0.29, 0.717) is 37.4 Å². The van der Waals surface area contributed by atoms with E-state index < -0.39 is 6.04 Å². The summed E-state index contributed by atoms with van der Waals surface area (Å²) in [5.41, 5.74) is 0.529. The molecule has 1 aromatic rings. The van der Waals surface area contributed by atoms with Gasteiger partial charge in [0, 0.05) is 30.7 Å². The Labute approximate surface area is 180 Å². The molecular formula is C23H36N4O3. The molecule has 1 aliphatic rings. The smallest absolute Gasteiger partial charge is 0.317 e. The second-order valence-electron chi connectivity index (χ2n) is 8.79. The highest BCUT2D eigenvalue weighted by atomic mass is 16.2. The molecule has 2 atom stereocenters. The molecule has 7 nitrogen and oxygen atoms in total. The van der Waals surface area contributed by atoms with Crippen molar-refractivity contribution in [2.45, 2.75) is 65.6 Å². The van der Waals surface area contributed by atoms with Crippen LogP contribution in [0.3, 0.4) is 0 Å². The Morgan fingerprint density at radius 1 is 0.900 bits per heavy atom. The zero-order chi connectivity index (χ0) is 22.3. The maximum atomic E-state index is 13.1. The fourth-order valence-corrected chi connectivity index (χ4v) is 3.47. The van der Waals surface area contributed by atoms with Gasteiger partial charge in [0.2, 0.25) is 5.91 Å². The van der Waals surface area contributed by atoms with Crippen LogP contribution < -0.4 is 16.0 Å². The Bertz CT molecular complexity index is 712. The van der Waals surface area contributed by atoms with Crippen LogP contribution in [0.25, 0.3) is 0 Å².